The van der Waals surface area contributed by atoms with Crippen molar-refractivity contribution in [3.63, 3.8) is 0 Å². The molecule has 1 atom stereocenters. The van der Waals surface area contributed by atoms with Crippen LogP contribution in [-0.4, -0.2) is 20.5 Å². The van der Waals surface area contributed by atoms with Gasteiger partial charge in [-0.2, -0.15) is 5.10 Å². The first-order chi connectivity index (χ1) is 9.25. The van der Waals surface area contributed by atoms with Gasteiger partial charge in [0.1, 0.15) is 17.9 Å². The first-order valence-corrected chi connectivity index (χ1v) is 6.69. The Morgan fingerprint density at radius 2 is 2.26 bits per heavy atom. The summed E-state index contributed by atoms with van der Waals surface area (Å²) in [4.78, 5) is 16.6. The molecule has 98 valence electrons. The average Bonchev–Trinajstić information content (AvgIpc) is 2.83. The summed E-state index contributed by atoms with van der Waals surface area (Å²) < 4.78 is 1.67. The molecule has 0 bridgehead atoms. The van der Waals surface area contributed by atoms with E-state index >= 15 is 0 Å². The number of hydrogen-bond donors (Lipinski definition) is 0. The normalized spacial score (nSPS) is 18.1. The van der Waals surface area contributed by atoms with Crippen LogP contribution in [0.1, 0.15) is 35.7 Å². The molecular formula is C15H17N3O. The van der Waals surface area contributed by atoms with E-state index in [2.05, 4.69) is 22.2 Å². The Bertz CT molecular complexity index is 603. The number of fused-ring (bicyclic) bond motifs is 1. The molecule has 0 saturated carbocycles. The quantitative estimate of drug-likeness (QED) is 0.843. The lowest BCUT2D eigenvalue weighted by atomic mass is 9.80. The van der Waals surface area contributed by atoms with Crippen LogP contribution < -0.4 is 0 Å². The lowest BCUT2D eigenvalue weighted by molar-refractivity contribution is -0.120. The maximum Gasteiger partial charge on any atom is 0.147 e. The molecule has 3 rings (SSSR count). The van der Waals surface area contributed by atoms with E-state index in [0.29, 0.717) is 6.42 Å². The van der Waals surface area contributed by atoms with E-state index in [1.807, 2.05) is 19.2 Å². The minimum atomic E-state index is 0.0293. The molecule has 0 spiro atoms. The molecule has 0 saturated heterocycles. The molecule has 1 aliphatic carbocycles. The molecule has 4 heteroatoms. The number of ketones is 1. The fourth-order valence-corrected chi connectivity index (χ4v) is 2.85. The summed E-state index contributed by atoms with van der Waals surface area (Å²) in [5, 5.41) is 4.01. The van der Waals surface area contributed by atoms with Crippen molar-refractivity contribution in [2.75, 3.05) is 0 Å². The van der Waals surface area contributed by atoms with Crippen LogP contribution in [0.15, 0.2) is 30.6 Å². The number of aromatic nitrogens is 3. The second-order valence-electron chi connectivity index (χ2n) is 5.09. The molecule has 1 aliphatic rings. The van der Waals surface area contributed by atoms with Gasteiger partial charge in [-0.15, -0.1) is 0 Å². The molecule has 0 amide bonds. The molecule has 0 N–H and O–H groups in total. The van der Waals surface area contributed by atoms with E-state index in [0.717, 1.165) is 25.1 Å². The molecular weight excluding hydrogens is 238 g/mol. The van der Waals surface area contributed by atoms with Crippen LogP contribution in [0.3, 0.4) is 0 Å². The second kappa shape index (κ2) is 4.96. The van der Waals surface area contributed by atoms with Crippen LogP contribution in [0.5, 0.6) is 0 Å². The fourth-order valence-electron chi connectivity index (χ4n) is 2.85. The summed E-state index contributed by atoms with van der Waals surface area (Å²) in [5.41, 5.74) is 2.53. The lowest BCUT2D eigenvalue weighted by Crippen LogP contribution is -2.21. The monoisotopic (exact) mass is 255 g/mol. The zero-order valence-corrected chi connectivity index (χ0v) is 11.0. The number of nitrogens with zero attached hydrogens (tertiary/aromatic N) is 3. The number of carbonyl (C=O) groups excluding carboxylic acids is 1. The summed E-state index contributed by atoms with van der Waals surface area (Å²) in [5.74, 6) is 1.03. The van der Waals surface area contributed by atoms with Gasteiger partial charge in [-0.3, -0.25) is 9.48 Å². The maximum atomic E-state index is 12.5. The summed E-state index contributed by atoms with van der Waals surface area (Å²) >= 11 is 0. The first kappa shape index (κ1) is 12.1. The van der Waals surface area contributed by atoms with Gasteiger partial charge in [-0.05, 0) is 30.4 Å². The lowest BCUT2D eigenvalue weighted by Gasteiger charge is -2.24. The Labute approximate surface area is 112 Å². The number of benzene rings is 1. The molecule has 1 heterocycles. The van der Waals surface area contributed by atoms with Crippen molar-refractivity contribution >= 4 is 5.78 Å². The average molecular weight is 255 g/mol. The maximum absolute atomic E-state index is 12.5. The first-order valence-electron chi connectivity index (χ1n) is 6.69. The Kier molecular flexibility index (Phi) is 3.15. The highest BCUT2D eigenvalue weighted by atomic mass is 16.1. The zero-order chi connectivity index (χ0) is 13.2. The predicted molar refractivity (Wildman–Crippen MR) is 71.8 cm³/mol. The third-order valence-corrected chi connectivity index (χ3v) is 3.90. The van der Waals surface area contributed by atoms with Gasteiger partial charge in [0.2, 0.25) is 0 Å². The van der Waals surface area contributed by atoms with E-state index < -0.39 is 0 Å². The van der Waals surface area contributed by atoms with Crippen molar-refractivity contribution in [3.05, 3.63) is 47.5 Å². The molecule has 1 aromatic heterocycles. The number of carbonyl (C=O) groups is 1. The van der Waals surface area contributed by atoms with Crippen LogP contribution in [0.25, 0.3) is 0 Å². The number of rotatable bonds is 3. The molecule has 0 radical (unpaired) electrons. The van der Waals surface area contributed by atoms with Crippen LogP contribution in [-0.2, 0) is 24.7 Å². The van der Waals surface area contributed by atoms with Crippen molar-refractivity contribution in [1.29, 1.82) is 0 Å². The number of hydrogen-bond acceptors (Lipinski definition) is 3. The minimum Gasteiger partial charge on any atom is -0.299 e. The standard InChI is InChI=1S/C15H17N3O/c1-18-15(16-10-17-18)9-14(19)13-8-4-6-11-5-2-3-7-12(11)13/h2-3,5,7,10,13H,4,6,8-9H2,1H3. The van der Waals surface area contributed by atoms with E-state index in [1.165, 1.54) is 17.5 Å². The SMILES string of the molecule is Cn1ncnc1CC(=O)C1CCCc2ccccc21. The highest BCUT2D eigenvalue weighted by Crippen LogP contribution is 2.32. The molecule has 19 heavy (non-hydrogen) atoms. The van der Waals surface area contributed by atoms with Crippen LogP contribution >= 0.6 is 0 Å². The number of aryl methyl sites for hydroxylation is 2. The second-order valence-corrected chi connectivity index (χ2v) is 5.09. The third-order valence-electron chi connectivity index (χ3n) is 3.90. The highest BCUT2D eigenvalue weighted by molar-refractivity contribution is 5.87. The van der Waals surface area contributed by atoms with Gasteiger partial charge in [0.25, 0.3) is 0 Å². The smallest absolute Gasteiger partial charge is 0.147 e. The predicted octanol–water partition coefficient (Wildman–Crippen LogP) is 2.05. The van der Waals surface area contributed by atoms with Crippen molar-refractivity contribution in [3.8, 4) is 0 Å². The molecule has 1 aromatic carbocycles. The molecule has 1 unspecified atom stereocenters. The largest absolute Gasteiger partial charge is 0.299 e. The van der Waals surface area contributed by atoms with Crippen molar-refractivity contribution in [1.82, 2.24) is 14.8 Å². The van der Waals surface area contributed by atoms with Gasteiger partial charge in [0.05, 0.1) is 6.42 Å². The topological polar surface area (TPSA) is 47.8 Å². The summed E-state index contributed by atoms with van der Waals surface area (Å²) in [6.07, 6.45) is 5.00. The van der Waals surface area contributed by atoms with E-state index in [4.69, 9.17) is 0 Å². The van der Waals surface area contributed by atoms with Gasteiger partial charge >= 0.3 is 0 Å². The zero-order valence-electron chi connectivity index (χ0n) is 11.0. The van der Waals surface area contributed by atoms with E-state index in [9.17, 15) is 4.79 Å². The van der Waals surface area contributed by atoms with Crippen LogP contribution in [0.2, 0.25) is 0 Å². The molecule has 0 fully saturated rings. The van der Waals surface area contributed by atoms with Gasteiger partial charge < -0.3 is 0 Å². The number of Topliss-reactive ketones (excluding diaryl/α,β-unsaturated/α-hetero) is 1. The Balaban J connectivity index is 1.84. The third kappa shape index (κ3) is 2.30. The Morgan fingerprint density at radius 1 is 1.42 bits per heavy atom. The summed E-state index contributed by atoms with van der Waals surface area (Å²) in [7, 11) is 1.82. The molecule has 4 nitrogen and oxygen atoms in total. The van der Waals surface area contributed by atoms with Crippen LogP contribution in [0.4, 0.5) is 0 Å². The van der Waals surface area contributed by atoms with Gasteiger partial charge in [0.15, 0.2) is 0 Å². The summed E-state index contributed by atoms with van der Waals surface area (Å²) in [6, 6.07) is 8.30. The summed E-state index contributed by atoms with van der Waals surface area (Å²) in [6.45, 7) is 0. The molecule has 0 aliphatic heterocycles. The van der Waals surface area contributed by atoms with Crippen molar-refractivity contribution in [2.24, 2.45) is 7.05 Å². The van der Waals surface area contributed by atoms with E-state index in [-0.39, 0.29) is 11.7 Å². The minimum absolute atomic E-state index is 0.0293. The Morgan fingerprint density at radius 3 is 3.05 bits per heavy atom. The van der Waals surface area contributed by atoms with Gasteiger partial charge in [-0.1, -0.05) is 24.3 Å². The highest BCUT2D eigenvalue weighted by Gasteiger charge is 2.26. The van der Waals surface area contributed by atoms with Crippen molar-refractivity contribution < 1.29 is 4.79 Å². The van der Waals surface area contributed by atoms with Crippen molar-refractivity contribution in [2.45, 2.75) is 31.6 Å². The molecule has 2 aromatic rings. The van der Waals surface area contributed by atoms with Crippen LogP contribution in [0, 0.1) is 0 Å². The Hall–Kier alpha value is -1.97. The van der Waals surface area contributed by atoms with E-state index in [1.54, 1.807) is 4.68 Å². The van der Waals surface area contributed by atoms with Gasteiger partial charge in [0, 0.05) is 13.0 Å². The van der Waals surface area contributed by atoms with Gasteiger partial charge in [-0.25, -0.2) is 4.98 Å². The fraction of sp³-hybridized carbons (Fsp3) is 0.400.